The second-order valence-electron chi connectivity index (χ2n) is 8.74. The van der Waals surface area contributed by atoms with Crippen LogP contribution in [0.25, 0.3) is 10.9 Å². The molecule has 0 spiro atoms. The molecule has 0 radical (unpaired) electrons. The Bertz CT molecular complexity index is 1100. The number of aromatic amines is 1. The molecule has 4 heterocycles. The van der Waals surface area contributed by atoms with Crippen molar-refractivity contribution in [3.63, 3.8) is 0 Å². The third kappa shape index (κ3) is 4.28. The molecule has 2 fully saturated rings. The van der Waals surface area contributed by atoms with E-state index >= 15 is 0 Å². The second kappa shape index (κ2) is 8.67. The summed E-state index contributed by atoms with van der Waals surface area (Å²) in [5.74, 6) is 1.15. The number of nitrogens with zero attached hydrogens (tertiary/aromatic N) is 3. The maximum atomic E-state index is 12.6. The van der Waals surface area contributed by atoms with E-state index < -0.39 is 0 Å². The predicted molar refractivity (Wildman–Crippen MR) is 123 cm³/mol. The topological polar surface area (TPSA) is 94.1 Å². The molecule has 31 heavy (non-hydrogen) atoms. The van der Waals surface area contributed by atoms with Crippen LogP contribution in [0.2, 0.25) is 0 Å². The van der Waals surface area contributed by atoms with Crippen molar-refractivity contribution in [3.8, 4) is 0 Å². The van der Waals surface area contributed by atoms with Crippen LogP contribution >= 0.6 is 0 Å². The summed E-state index contributed by atoms with van der Waals surface area (Å²) in [7, 11) is 0. The zero-order valence-electron chi connectivity index (χ0n) is 17.7. The number of fused-ring (bicyclic) bond motifs is 1. The van der Waals surface area contributed by atoms with E-state index in [0.29, 0.717) is 17.1 Å². The lowest BCUT2D eigenvalue weighted by Crippen LogP contribution is -2.35. The average molecular weight is 420 g/mol. The lowest BCUT2D eigenvalue weighted by Gasteiger charge is -2.31. The van der Waals surface area contributed by atoms with Gasteiger partial charge in [-0.05, 0) is 49.9 Å². The normalized spacial score (nSPS) is 18.4. The summed E-state index contributed by atoms with van der Waals surface area (Å²) in [6.45, 7) is 1.68. The van der Waals surface area contributed by atoms with Crippen LogP contribution in [0.3, 0.4) is 0 Å². The van der Waals surface area contributed by atoms with Gasteiger partial charge in [-0.2, -0.15) is 0 Å². The van der Waals surface area contributed by atoms with E-state index in [4.69, 9.17) is 4.98 Å². The van der Waals surface area contributed by atoms with Crippen molar-refractivity contribution >= 4 is 28.1 Å². The van der Waals surface area contributed by atoms with Gasteiger partial charge in [-0.15, -0.1) is 0 Å². The van der Waals surface area contributed by atoms with Crippen LogP contribution in [-0.4, -0.2) is 39.3 Å². The van der Waals surface area contributed by atoms with Crippen molar-refractivity contribution in [1.82, 2.24) is 15.0 Å². The average Bonchev–Trinajstić information content (AvgIpc) is 2.81. The number of aliphatic hydroxyl groups excluding tert-OH is 1. The fourth-order valence-corrected chi connectivity index (χ4v) is 4.83. The first kappa shape index (κ1) is 20.0. The van der Waals surface area contributed by atoms with Crippen molar-refractivity contribution in [2.24, 2.45) is 0 Å². The van der Waals surface area contributed by atoms with E-state index in [9.17, 15) is 9.90 Å². The highest BCUT2D eigenvalue weighted by atomic mass is 16.3. The molecule has 0 bridgehead atoms. The molecule has 7 nitrogen and oxygen atoms in total. The van der Waals surface area contributed by atoms with Crippen molar-refractivity contribution in [3.05, 3.63) is 52.7 Å². The summed E-state index contributed by atoms with van der Waals surface area (Å²) in [5.41, 5.74) is 3.44. The Morgan fingerprint density at radius 3 is 2.61 bits per heavy atom. The molecule has 0 unspecified atom stereocenters. The largest absolute Gasteiger partial charge is 0.393 e. The third-order valence-corrected chi connectivity index (χ3v) is 6.61. The number of aromatic nitrogens is 3. The summed E-state index contributed by atoms with van der Waals surface area (Å²) >= 11 is 0. The predicted octanol–water partition coefficient (Wildman–Crippen LogP) is 4.07. The van der Waals surface area contributed by atoms with Crippen molar-refractivity contribution in [1.29, 1.82) is 0 Å². The molecule has 3 N–H and O–H groups in total. The number of H-pyrrole nitrogens is 1. The van der Waals surface area contributed by atoms with E-state index in [1.54, 1.807) is 6.20 Å². The Morgan fingerprint density at radius 2 is 1.87 bits per heavy atom. The number of pyridine rings is 3. The first-order valence-electron chi connectivity index (χ1n) is 11.4. The number of hydrogen-bond acceptors (Lipinski definition) is 6. The number of rotatable bonds is 4. The van der Waals surface area contributed by atoms with Gasteiger partial charge in [-0.1, -0.05) is 19.3 Å². The summed E-state index contributed by atoms with van der Waals surface area (Å²) < 4.78 is 0. The van der Waals surface area contributed by atoms with Crippen LogP contribution in [0.15, 0.2) is 41.5 Å². The lowest BCUT2D eigenvalue weighted by atomic mass is 9.86. The van der Waals surface area contributed by atoms with Crippen molar-refractivity contribution in [2.75, 3.05) is 23.3 Å². The third-order valence-electron chi connectivity index (χ3n) is 6.61. The molecule has 3 aromatic heterocycles. The molecular formula is C24H29N5O2. The SMILES string of the molecule is O=c1[nH]ccc2nc(C3CCCCC3)cc(Nc3ccc(N4CCC(O)CC4)cn3)c12. The van der Waals surface area contributed by atoms with Crippen LogP contribution in [-0.2, 0) is 0 Å². The van der Waals surface area contributed by atoms with Gasteiger partial charge in [-0.25, -0.2) is 4.98 Å². The first-order chi connectivity index (χ1) is 15.2. The summed E-state index contributed by atoms with van der Waals surface area (Å²) in [5, 5.41) is 13.7. The van der Waals surface area contributed by atoms with Gasteiger partial charge in [0.25, 0.3) is 5.56 Å². The maximum absolute atomic E-state index is 12.6. The zero-order valence-corrected chi connectivity index (χ0v) is 17.7. The van der Waals surface area contributed by atoms with Crippen LogP contribution in [0.5, 0.6) is 0 Å². The maximum Gasteiger partial charge on any atom is 0.259 e. The molecule has 2 aliphatic rings. The van der Waals surface area contributed by atoms with Gasteiger partial charge in [-0.3, -0.25) is 9.78 Å². The van der Waals surface area contributed by atoms with E-state index in [2.05, 4.69) is 20.2 Å². The molecule has 0 amide bonds. The van der Waals surface area contributed by atoms with E-state index in [1.807, 2.05) is 30.5 Å². The van der Waals surface area contributed by atoms with Gasteiger partial charge in [0.15, 0.2) is 0 Å². The Kier molecular flexibility index (Phi) is 5.59. The Balaban J connectivity index is 1.44. The molecule has 7 heteroatoms. The standard InChI is InChI=1S/C24H29N5O2/c30-18-9-12-29(13-10-18)17-6-7-22(26-15-17)28-21-14-20(16-4-2-1-3-5-16)27-19-8-11-25-24(31)23(19)21/h6-8,11,14-16,18,30H,1-5,9-10,12-13H2,(H,25,31)(H,26,27,28). The molecule has 1 aliphatic heterocycles. The lowest BCUT2D eigenvalue weighted by molar-refractivity contribution is 0.145. The number of hydrogen-bond donors (Lipinski definition) is 3. The molecule has 1 aliphatic carbocycles. The fraction of sp³-hybridized carbons (Fsp3) is 0.458. The van der Waals surface area contributed by atoms with Gasteiger partial charge in [0.2, 0.25) is 0 Å². The van der Waals surface area contributed by atoms with Crippen LogP contribution in [0.1, 0.15) is 56.6 Å². The Labute approximate surface area is 181 Å². The molecule has 1 saturated carbocycles. The Hall–Kier alpha value is -2.93. The molecule has 1 saturated heterocycles. The smallest absolute Gasteiger partial charge is 0.259 e. The van der Waals surface area contributed by atoms with Gasteiger partial charge in [0.1, 0.15) is 5.82 Å². The number of aliphatic hydroxyl groups is 1. The molecule has 0 aromatic carbocycles. The van der Waals surface area contributed by atoms with Crippen LogP contribution < -0.4 is 15.8 Å². The van der Waals surface area contributed by atoms with E-state index in [-0.39, 0.29) is 11.7 Å². The molecule has 162 valence electrons. The minimum atomic E-state index is -0.193. The highest BCUT2D eigenvalue weighted by Gasteiger charge is 2.20. The molecule has 5 rings (SSSR count). The first-order valence-corrected chi connectivity index (χ1v) is 11.4. The highest BCUT2D eigenvalue weighted by molar-refractivity contribution is 5.92. The van der Waals surface area contributed by atoms with Gasteiger partial charge < -0.3 is 20.3 Å². The zero-order chi connectivity index (χ0) is 21.2. The van der Waals surface area contributed by atoms with E-state index in [1.165, 1.54) is 19.3 Å². The monoisotopic (exact) mass is 419 g/mol. The van der Waals surface area contributed by atoms with E-state index in [0.717, 1.165) is 61.4 Å². The summed E-state index contributed by atoms with van der Waals surface area (Å²) in [6.07, 6.45) is 11.0. The number of piperidine rings is 1. The summed E-state index contributed by atoms with van der Waals surface area (Å²) in [4.78, 5) is 27.0. The van der Waals surface area contributed by atoms with Gasteiger partial charge >= 0.3 is 0 Å². The molecular weight excluding hydrogens is 390 g/mol. The van der Waals surface area contributed by atoms with Crippen LogP contribution in [0, 0.1) is 0 Å². The fourth-order valence-electron chi connectivity index (χ4n) is 4.83. The number of nitrogens with one attached hydrogen (secondary N) is 2. The highest BCUT2D eigenvalue weighted by Crippen LogP contribution is 2.35. The van der Waals surface area contributed by atoms with Gasteiger partial charge in [0, 0.05) is 30.9 Å². The van der Waals surface area contributed by atoms with Crippen molar-refractivity contribution < 1.29 is 5.11 Å². The minimum Gasteiger partial charge on any atom is -0.393 e. The molecule has 3 aromatic rings. The number of anilines is 3. The van der Waals surface area contributed by atoms with Gasteiger partial charge in [0.05, 0.1) is 34.6 Å². The quantitative estimate of drug-likeness (QED) is 0.590. The Morgan fingerprint density at radius 1 is 1.06 bits per heavy atom. The minimum absolute atomic E-state index is 0.147. The van der Waals surface area contributed by atoms with Crippen molar-refractivity contribution in [2.45, 2.75) is 57.0 Å². The van der Waals surface area contributed by atoms with Crippen LogP contribution in [0.4, 0.5) is 17.2 Å². The second-order valence-corrected chi connectivity index (χ2v) is 8.74. The molecule has 0 atom stereocenters. The summed E-state index contributed by atoms with van der Waals surface area (Å²) in [6, 6.07) is 7.90.